The smallest absolute Gasteiger partial charge is 0.338 e. The van der Waals surface area contributed by atoms with Gasteiger partial charge < -0.3 is 28.7 Å². The van der Waals surface area contributed by atoms with Gasteiger partial charge in [0, 0.05) is 13.0 Å². The summed E-state index contributed by atoms with van der Waals surface area (Å²) in [7, 11) is 0. The Morgan fingerprint density at radius 1 is 1.43 bits per heavy atom. The quantitative estimate of drug-likeness (QED) is 0.297. The highest BCUT2D eigenvalue weighted by Crippen LogP contribution is 2.17. The minimum Gasteiger partial charge on any atom is -1.00 e. The number of halogens is 1. The van der Waals surface area contributed by atoms with Crippen molar-refractivity contribution < 1.29 is 38.1 Å². The zero-order chi connectivity index (χ0) is 14.7. The van der Waals surface area contributed by atoms with Gasteiger partial charge in [0.15, 0.2) is 11.0 Å². The third-order valence-electron chi connectivity index (χ3n) is 3.48. The predicted molar refractivity (Wildman–Crippen MR) is 78.7 cm³/mol. The fraction of sp³-hybridized carbons (Fsp3) is 0.375. The van der Waals surface area contributed by atoms with Gasteiger partial charge in [0.1, 0.15) is 6.54 Å². The topological polar surface area (TPSA) is 35.1 Å². The van der Waals surface area contributed by atoms with Gasteiger partial charge in [-0.05, 0) is 26.0 Å². The van der Waals surface area contributed by atoms with Crippen LogP contribution in [0.25, 0.3) is 11.0 Å². The third-order valence-corrected chi connectivity index (χ3v) is 3.48. The lowest BCUT2D eigenvalue weighted by Crippen LogP contribution is -3.00. The fourth-order valence-corrected chi connectivity index (χ4v) is 2.56. The first-order valence-corrected chi connectivity index (χ1v) is 6.94. The maximum absolute atomic E-state index is 11.9. The number of esters is 1. The number of hydrogen-bond donors (Lipinski definition) is 0. The van der Waals surface area contributed by atoms with Crippen molar-refractivity contribution in [3.05, 3.63) is 42.2 Å². The molecule has 0 saturated heterocycles. The second-order valence-corrected chi connectivity index (χ2v) is 4.61. The molecule has 114 valence electrons. The van der Waals surface area contributed by atoms with Gasteiger partial charge in [0.05, 0.1) is 18.7 Å². The Bertz CT molecular complexity index is 662. The summed E-state index contributed by atoms with van der Waals surface area (Å²) in [5.41, 5.74) is 2.76. The van der Waals surface area contributed by atoms with Gasteiger partial charge in [-0.1, -0.05) is 12.7 Å². The standard InChI is InChI=1S/C16H21N2O2.HI/c1-5-10-18-12(4)17(6-2)15-11-13(8-9-14(15)18)16(19)20-7-3;/h5,8-9,11H,1,6-7,10H2,2-4H3;1H/q+1;/p-1. The molecule has 0 saturated carbocycles. The van der Waals surface area contributed by atoms with Crippen LogP contribution >= 0.6 is 0 Å². The van der Waals surface area contributed by atoms with E-state index in [1.807, 2.05) is 31.2 Å². The van der Waals surface area contributed by atoms with E-state index in [4.69, 9.17) is 4.74 Å². The van der Waals surface area contributed by atoms with E-state index in [1.54, 1.807) is 0 Å². The highest BCUT2D eigenvalue weighted by atomic mass is 127. The molecule has 0 fully saturated rings. The second-order valence-electron chi connectivity index (χ2n) is 4.61. The van der Waals surface area contributed by atoms with Gasteiger partial charge in [-0.15, -0.1) is 0 Å². The van der Waals surface area contributed by atoms with E-state index in [1.165, 1.54) is 0 Å². The van der Waals surface area contributed by atoms with Crippen LogP contribution in [0, 0.1) is 6.92 Å². The zero-order valence-corrected chi connectivity index (χ0v) is 14.9. The van der Waals surface area contributed by atoms with E-state index in [9.17, 15) is 4.79 Å². The molecule has 2 rings (SSSR count). The molecule has 0 aliphatic heterocycles. The summed E-state index contributed by atoms with van der Waals surface area (Å²) >= 11 is 0. The molecular formula is C16H21IN2O2. The Balaban J connectivity index is 0.00000220. The molecule has 2 aromatic rings. The van der Waals surface area contributed by atoms with Gasteiger partial charge in [-0.25, -0.2) is 13.9 Å². The zero-order valence-electron chi connectivity index (χ0n) is 12.7. The maximum atomic E-state index is 11.9. The van der Waals surface area contributed by atoms with E-state index in [-0.39, 0.29) is 29.9 Å². The average Bonchev–Trinajstić information content (AvgIpc) is 2.71. The molecule has 1 heterocycles. The Morgan fingerprint density at radius 2 is 2.14 bits per heavy atom. The summed E-state index contributed by atoms with van der Waals surface area (Å²) in [6, 6.07) is 5.70. The van der Waals surface area contributed by atoms with Crippen molar-refractivity contribution in [1.29, 1.82) is 0 Å². The van der Waals surface area contributed by atoms with E-state index >= 15 is 0 Å². The number of rotatable bonds is 5. The highest BCUT2D eigenvalue weighted by Gasteiger charge is 2.21. The third kappa shape index (κ3) is 3.28. The van der Waals surface area contributed by atoms with E-state index in [0.29, 0.717) is 12.2 Å². The molecule has 5 heteroatoms. The Kier molecular flexibility index (Phi) is 6.39. The monoisotopic (exact) mass is 400 g/mol. The molecule has 0 radical (unpaired) electrons. The van der Waals surface area contributed by atoms with Crippen LogP contribution in [0.15, 0.2) is 30.9 Å². The summed E-state index contributed by atoms with van der Waals surface area (Å²) in [5.74, 6) is 0.884. The van der Waals surface area contributed by atoms with E-state index < -0.39 is 0 Å². The van der Waals surface area contributed by atoms with Crippen LogP contribution in [-0.2, 0) is 17.8 Å². The second kappa shape index (κ2) is 7.59. The van der Waals surface area contributed by atoms with Crippen LogP contribution in [0.3, 0.4) is 0 Å². The molecule has 0 spiro atoms. The lowest BCUT2D eigenvalue weighted by Gasteiger charge is -2.01. The molecule has 1 aromatic heterocycles. The van der Waals surface area contributed by atoms with Gasteiger partial charge >= 0.3 is 5.97 Å². The summed E-state index contributed by atoms with van der Waals surface area (Å²) in [6.45, 7) is 11.8. The lowest BCUT2D eigenvalue weighted by molar-refractivity contribution is -0.668. The van der Waals surface area contributed by atoms with Gasteiger partial charge in [0.2, 0.25) is 0 Å². The SMILES string of the molecule is C=CC[n+]1c(C)n(CC)c2cc(C(=O)OCC)ccc21.[I-]. The average molecular weight is 400 g/mol. The molecule has 0 amide bonds. The number of carbonyl (C=O) groups is 1. The molecule has 0 atom stereocenters. The van der Waals surface area contributed by atoms with Crippen molar-refractivity contribution in [3.63, 3.8) is 0 Å². The molecule has 0 N–H and O–H groups in total. The molecular weight excluding hydrogens is 379 g/mol. The first-order valence-electron chi connectivity index (χ1n) is 6.94. The molecule has 21 heavy (non-hydrogen) atoms. The Labute approximate surface area is 142 Å². The first kappa shape index (κ1) is 17.7. The number of ether oxygens (including phenoxy) is 1. The number of benzene rings is 1. The summed E-state index contributed by atoms with van der Waals surface area (Å²) in [6.07, 6.45) is 1.88. The molecule has 0 unspecified atom stereocenters. The highest BCUT2D eigenvalue weighted by molar-refractivity contribution is 5.93. The van der Waals surface area contributed by atoms with Crippen molar-refractivity contribution in [3.8, 4) is 0 Å². The number of aryl methyl sites for hydroxylation is 1. The van der Waals surface area contributed by atoms with Crippen molar-refractivity contribution in [2.45, 2.75) is 33.9 Å². The normalized spacial score (nSPS) is 10.2. The van der Waals surface area contributed by atoms with Crippen LogP contribution in [-0.4, -0.2) is 17.1 Å². The van der Waals surface area contributed by atoms with Crippen LogP contribution in [0.1, 0.15) is 30.0 Å². The van der Waals surface area contributed by atoms with Crippen molar-refractivity contribution in [2.75, 3.05) is 6.61 Å². The number of aromatic nitrogens is 2. The first-order chi connectivity index (χ1) is 9.63. The number of nitrogens with zero attached hydrogens (tertiary/aromatic N) is 2. The number of carbonyl (C=O) groups excluding carboxylic acids is 1. The summed E-state index contributed by atoms with van der Waals surface area (Å²) in [5, 5.41) is 0. The maximum Gasteiger partial charge on any atom is 0.338 e. The van der Waals surface area contributed by atoms with Crippen molar-refractivity contribution in [1.82, 2.24) is 4.57 Å². The fourth-order valence-electron chi connectivity index (χ4n) is 2.56. The summed E-state index contributed by atoms with van der Waals surface area (Å²) < 4.78 is 9.45. The molecule has 0 aliphatic carbocycles. The number of allylic oxidation sites excluding steroid dienone is 1. The Hall–Kier alpha value is -1.37. The Morgan fingerprint density at radius 3 is 2.71 bits per heavy atom. The van der Waals surface area contributed by atoms with Crippen LogP contribution in [0.5, 0.6) is 0 Å². The predicted octanol–water partition coefficient (Wildman–Crippen LogP) is -0.376. The molecule has 4 nitrogen and oxygen atoms in total. The van der Waals surface area contributed by atoms with Gasteiger partial charge in [0.25, 0.3) is 5.82 Å². The lowest BCUT2D eigenvalue weighted by atomic mass is 10.2. The minimum atomic E-state index is -0.272. The van der Waals surface area contributed by atoms with Crippen molar-refractivity contribution >= 4 is 17.0 Å². The molecule has 1 aromatic carbocycles. The molecule has 0 bridgehead atoms. The van der Waals surface area contributed by atoms with Crippen LogP contribution < -0.4 is 28.5 Å². The van der Waals surface area contributed by atoms with E-state index in [0.717, 1.165) is 29.9 Å². The summed E-state index contributed by atoms with van der Waals surface area (Å²) in [4.78, 5) is 11.9. The van der Waals surface area contributed by atoms with Gasteiger partial charge in [-0.2, -0.15) is 0 Å². The van der Waals surface area contributed by atoms with Crippen LogP contribution in [0.2, 0.25) is 0 Å². The van der Waals surface area contributed by atoms with Crippen molar-refractivity contribution in [2.24, 2.45) is 0 Å². The number of imidazole rings is 1. The van der Waals surface area contributed by atoms with E-state index in [2.05, 4.69) is 29.6 Å². The number of hydrogen-bond acceptors (Lipinski definition) is 2. The largest absolute Gasteiger partial charge is 1.00 e. The van der Waals surface area contributed by atoms with Gasteiger partial charge in [-0.3, -0.25) is 0 Å². The number of fused-ring (bicyclic) bond motifs is 1. The molecule has 0 aliphatic rings. The van der Waals surface area contributed by atoms with Crippen LogP contribution in [0.4, 0.5) is 0 Å². The minimum absolute atomic E-state index is 0.